The summed E-state index contributed by atoms with van der Waals surface area (Å²) in [7, 11) is 1.53. The first-order chi connectivity index (χ1) is 17.4. The van der Waals surface area contributed by atoms with Crippen molar-refractivity contribution in [2.75, 3.05) is 25.1 Å². The summed E-state index contributed by atoms with van der Waals surface area (Å²) in [5.41, 5.74) is 1.70. The van der Waals surface area contributed by atoms with Crippen LogP contribution >= 0.6 is 23.2 Å². The predicted octanol–water partition coefficient (Wildman–Crippen LogP) is 6.10. The van der Waals surface area contributed by atoms with Crippen LogP contribution in [0.3, 0.4) is 0 Å². The van der Waals surface area contributed by atoms with Gasteiger partial charge in [0.25, 0.3) is 17.7 Å². The second-order valence-corrected chi connectivity index (χ2v) is 9.10. The van der Waals surface area contributed by atoms with Crippen LogP contribution in [0.1, 0.15) is 31.1 Å². The highest BCUT2D eigenvalue weighted by molar-refractivity contribution is 6.37. The Hall–Kier alpha value is -3.87. The van der Waals surface area contributed by atoms with Crippen molar-refractivity contribution in [3.8, 4) is 5.75 Å². The van der Waals surface area contributed by atoms with E-state index in [4.69, 9.17) is 27.9 Å². The maximum atomic E-state index is 13.6. The molecule has 0 fully saturated rings. The smallest absolute Gasteiger partial charge is 0.261 e. The van der Waals surface area contributed by atoms with E-state index in [0.717, 1.165) is 5.39 Å². The normalized spacial score (nSPS) is 12.7. The first kappa shape index (κ1) is 23.9. The van der Waals surface area contributed by atoms with Crippen molar-refractivity contribution in [2.45, 2.75) is 0 Å². The summed E-state index contributed by atoms with van der Waals surface area (Å²) in [6.45, 7) is 0.0249. The Morgan fingerprint density at radius 3 is 2.19 bits per heavy atom. The number of imide groups is 1. The number of carbonyl (C=O) groups excluding carboxylic acids is 3. The van der Waals surface area contributed by atoms with Gasteiger partial charge >= 0.3 is 0 Å². The van der Waals surface area contributed by atoms with Gasteiger partial charge in [-0.1, -0.05) is 53.5 Å². The predicted molar refractivity (Wildman–Crippen MR) is 140 cm³/mol. The van der Waals surface area contributed by atoms with Gasteiger partial charge in [-0.3, -0.25) is 19.3 Å². The molecule has 0 aliphatic carbocycles. The van der Waals surface area contributed by atoms with Gasteiger partial charge in [-0.05, 0) is 47.9 Å². The van der Waals surface area contributed by atoms with Crippen molar-refractivity contribution in [1.29, 1.82) is 0 Å². The van der Waals surface area contributed by atoms with Crippen molar-refractivity contribution in [3.63, 3.8) is 0 Å². The summed E-state index contributed by atoms with van der Waals surface area (Å²) in [4.78, 5) is 43.0. The summed E-state index contributed by atoms with van der Waals surface area (Å²) in [5, 5.41) is 2.09. The topological polar surface area (TPSA) is 66.9 Å². The van der Waals surface area contributed by atoms with Gasteiger partial charge < -0.3 is 9.64 Å². The van der Waals surface area contributed by atoms with Crippen LogP contribution in [0.5, 0.6) is 5.75 Å². The molecule has 1 aliphatic rings. The summed E-state index contributed by atoms with van der Waals surface area (Å²) >= 11 is 12.4. The van der Waals surface area contributed by atoms with E-state index in [9.17, 15) is 14.4 Å². The van der Waals surface area contributed by atoms with Gasteiger partial charge in [0.1, 0.15) is 5.75 Å². The van der Waals surface area contributed by atoms with Crippen molar-refractivity contribution in [1.82, 2.24) is 4.90 Å². The van der Waals surface area contributed by atoms with Crippen molar-refractivity contribution < 1.29 is 19.1 Å². The Labute approximate surface area is 217 Å². The lowest BCUT2D eigenvalue weighted by atomic mass is 9.94. The third-order valence-electron chi connectivity index (χ3n) is 6.17. The van der Waals surface area contributed by atoms with Crippen LogP contribution < -0.4 is 9.64 Å². The molecular formula is C28H20Cl2N2O4. The molecule has 180 valence electrons. The molecule has 0 N–H and O–H groups in total. The standard InChI is InChI=1S/C28H20Cl2N2O4/c1-36-20-8-4-7-19(16-20)31(26(33)21-12-11-18(29)15-24(21)30)13-14-32-27(34)22-9-2-5-17-6-3-10-23(25(17)22)28(32)35/h2-12,15-16H,13-14H2,1H3. The van der Waals surface area contributed by atoms with E-state index >= 15 is 0 Å². The average Bonchev–Trinajstić information content (AvgIpc) is 2.89. The van der Waals surface area contributed by atoms with Crippen LogP contribution in [-0.2, 0) is 0 Å². The number of carbonyl (C=O) groups is 3. The number of anilines is 1. The molecule has 4 aromatic carbocycles. The molecule has 0 saturated carbocycles. The molecule has 1 aliphatic heterocycles. The Bertz CT molecular complexity index is 1480. The zero-order chi connectivity index (χ0) is 25.4. The van der Waals surface area contributed by atoms with Gasteiger partial charge in [0, 0.05) is 46.4 Å². The molecule has 0 saturated heterocycles. The fourth-order valence-electron chi connectivity index (χ4n) is 4.42. The average molecular weight is 519 g/mol. The molecule has 1 heterocycles. The summed E-state index contributed by atoms with van der Waals surface area (Å²) in [6, 6.07) is 22.4. The fourth-order valence-corrected chi connectivity index (χ4v) is 4.91. The third kappa shape index (κ3) is 4.19. The van der Waals surface area contributed by atoms with E-state index in [1.165, 1.54) is 23.0 Å². The number of nitrogens with zero attached hydrogens (tertiary/aromatic N) is 2. The van der Waals surface area contributed by atoms with Crippen molar-refractivity contribution in [3.05, 3.63) is 106 Å². The fraction of sp³-hybridized carbons (Fsp3) is 0.107. The van der Waals surface area contributed by atoms with E-state index in [0.29, 0.717) is 33.0 Å². The zero-order valence-electron chi connectivity index (χ0n) is 19.2. The van der Waals surface area contributed by atoms with Gasteiger partial charge in [0.2, 0.25) is 0 Å². The number of hydrogen-bond acceptors (Lipinski definition) is 4. The molecule has 36 heavy (non-hydrogen) atoms. The van der Waals surface area contributed by atoms with E-state index in [1.807, 2.05) is 12.1 Å². The van der Waals surface area contributed by atoms with Gasteiger partial charge in [0.05, 0.1) is 17.7 Å². The molecule has 0 bridgehead atoms. The lowest BCUT2D eigenvalue weighted by Crippen LogP contribution is -2.46. The molecule has 6 nitrogen and oxygen atoms in total. The molecule has 0 atom stereocenters. The highest BCUT2D eigenvalue weighted by Gasteiger charge is 2.33. The van der Waals surface area contributed by atoms with E-state index in [-0.39, 0.29) is 23.7 Å². The minimum Gasteiger partial charge on any atom is -0.497 e. The first-order valence-corrected chi connectivity index (χ1v) is 11.9. The zero-order valence-corrected chi connectivity index (χ0v) is 20.7. The van der Waals surface area contributed by atoms with Crippen LogP contribution in [0.2, 0.25) is 10.0 Å². The number of halogens is 2. The van der Waals surface area contributed by atoms with Gasteiger partial charge in [-0.2, -0.15) is 0 Å². The van der Waals surface area contributed by atoms with E-state index in [2.05, 4.69) is 0 Å². The van der Waals surface area contributed by atoms with Gasteiger partial charge in [-0.25, -0.2) is 0 Å². The Morgan fingerprint density at radius 2 is 1.56 bits per heavy atom. The maximum Gasteiger partial charge on any atom is 0.261 e. The molecule has 4 aromatic rings. The van der Waals surface area contributed by atoms with Crippen molar-refractivity contribution >= 4 is 57.4 Å². The van der Waals surface area contributed by atoms with Crippen molar-refractivity contribution in [2.24, 2.45) is 0 Å². The summed E-state index contributed by atoms with van der Waals surface area (Å²) < 4.78 is 5.33. The number of rotatable bonds is 6. The molecule has 5 rings (SSSR count). The van der Waals surface area contributed by atoms with Gasteiger partial charge in [-0.15, -0.1) is 0 Å². The molecule has 0 aromatic heterocycles. The van der Waals surface area contributed by atoms with E-state index < -0.39 is 17.7 Å². The number of methoxy groups -OCH3 is 1. The SMILES string of the molecule is COc1cccc(N(CCN2C(=O)c3cccc4cccc(c34)C2=O)C(=O)c2ccc(Cl)cc2Cl)c1. The second-order valence-electron chi connectivity index (χ2n) is 8.25. The Balaban J connectivity index is 1.50. The molecule has 0 radical (unpaired) electrons. The third-order valence-corrected chi connectivity index (χ3v) is 6.72. The van der Waals surface area contributed by atoms with Gasteiger partial charge in [0.15, 0.2) is 0 Å². The van der Waals surface area contributed by atoms with Crippen LogP contribution in [0, 0.1) is 0 Å². The van der Waals surface area contributed by atoms with E-state index in [1.54, 1.807) is 60.7 Å². The monoisotopic (exact) mass is 518 g/mol. The quantitative estimate of drug-likeness (QED) is 0.289. The van der Waals surface area contributed by atoms with Crippen LogP contribution in [0.4, 0.5) is 5.69 Å². The number of hydrogen-bond donors (Lipinski definition) is 0. The molecule has 0 unspecified atom stereocenters. The summed E-state index contributed by atoms with van der Waals surface area (Å²) in [6.07, 6.45) is 0. The maximum absolute atomic E-state index is 13.6. The van der Waals surface area contributed by atoms with Crippen LogP contribution in [-0.4, -0.2) is 42.8 Å². The number of amides is 3. The van der Waals surface area contributed by atoms with Crippen LogP contribution in [0.15, 0.2) is 78.9 Å². The highest BCUT2D eigenvalue weighted by Crippen LogP contribution is 2.31. The Kier molecular flexibility index (Phi) is 6.39. The first-order valence-electron chi connectivity index (χ1n) is 11.2. The molecule has 8 heteroatoms. The molecule has 3 amide bonds. The largest absolute Gasteiger partial charge is 0.497 e. The highest BCUT2D eigenvalue weighted by atomic mass is 35.5. The molecule has 0 spiro atoms. The lowest BCUT2D eigenvalue weighted by Gasteiger charge is -2.30. The number of ether oxygens (including phenoxy) is 1. The van der Waals surface area contributed by atoms with Crippen LogP contribution in [0.25, 0.3) is 10.8 Å². The lowest BCUT2D eigenvalue weighted by molar-refractivity contribution is 0.0611. The minimum atomic E-state index is -0.399. The number of benzene rings is 4. The second kappa shape index (κ2) is 9.64. The Morgan fingerprint density at radius 1 is 0.889 bits per heavy atom. The molecular weight excluding hydrogens is 499 g/mol. The summed E-state index contributed by atoms with van der Waals surface area (Å²) in [5.74, 6) is -0.638. The minimum absolute atomic E-state index is 0.0173.